The predicted octanol–water partition coefficient (Wildman–Crippen LogP) is 3.90. The second kappa shape index (κ2) is 7.67. The SMILES string of the molecule is CC1CCCN(c2cncc(C(=O)NCc3ccccc3Cl)c2)C1. The number of rotatable bonds is 4. The van der Waals surface area contributed by atoms with Crippen molar-refractivity contribution in [2.24, 2.45) is 5.92 Å². The fourth-order valence-corrected chi connectivity index (χ4v) is 3.27. The molecule has 1 aromatic heterocycles. The van der Waals surface area contributed by atoms with Gasteiger partial charge in [-0.15, -0.1) is 0 Å². The zero-order valence-corrected chi connectivity index (χ0v) is 14.6. The standard InChI is InChI=1S/C19H22ClN3O/c1-14-5-4-8-23(13-14)17-9-16(10-21-12-17)19(24)22-11-15-6-2-3-7-18(15)20/h2-3,6-7,9-10,12,14H,4-5,8,11,13H2,1H3,(H,22,24). The third kappa shape index (κ3) is 4.06. The van der Waals surface area contributed by atoms with Crippen molar-refractivity contribution in [2.75, 3.05) is 18.0 Å². The first-order chi connectivity index (χ1) is 11.6. The summed E-state index contributed by atoms with van der Waals surface area (Å²) in [5.41, 5.74) is 2.51. The van der Waals surface area contributed by atoms with Gasteiger partial charge in [0.25, 0.3) is 5.91 Å². The van der Waals surface area contributed by atoms with Gasteiger partial charge in [0.2, 0.25) is 0 Å². The number of hydrogen-bond donors (Lipinski definition) is 1. The summed E-state index contributed by atoms with van der Waals surface area (Å²) in [6.07, 6.45) is 5.90. The number of amides is 1. The van der Waals surface area contributed by atoms with Gasteiger partial charge < -0.3 is 10.2 Å². The molecule has 2 aromatic rings. The molecule has 1 aliphatic heterocycles. The maximum atomic E-state index is 12.4. The zero-order chi connectivity index (χ0) is 16.9. The van der Waals surface area contributed by atoms with Gasteiger partial charge in [-0.25, -0.2) is 0 Å². The van der Waals surface area contributed by atoms with Gasteiger partial charge in [0.1, 0.15) is 0 Å². The number of benzene rings is 1. The molecule has 24 heavy (non-hydrogen) atoms. The van der Waals surface area contributed by atoms with Gasteiger partial charge in [0.05, 0.1) is 17.4 Å². The molecule has 0 bridgehead atoms. The molecule has 0 aliphatic carbocycles. The number of halogens is 1. The highest BCUT2D eigenvalue weighted by molar-refractivity contribution is 6.31. The molecular formula is C19H22ClN3O. The molecule has 1 N–H and O–H groups in total. The summed E-state index contributed by atoms with van der Waals surface area (Å²) in [6, 6.07) is 9.44. The number of nitrogens with zero attached hydrogens (tertiary/aromatic N) is 2. The van der Waals surface area contributed by atoms with Crippen LogP contribution >= 0.6 is 11.6 Å². The Labute approximate surface area is 147 Å². The molecule has 1 fully saturated rings. The summed E-state index contributed by atoms with van der Waals surface area (Å²) in [4.78, 5) is 19.0. The molecule has 5 heteroatoms. The lowest BCUT2D eigenvalue weighted by Crippen LogP contribution is -2.34. The lowest BCUT2D eigenvalue weighted by molar-refractivity contribution is 0.0950. The molecule has 1 aliphatic rings. The monoisotopic (exact) mass is 343 g/mol. The summed E-state index contributed by atoms with van der Waals surface area (Å²) in [5, 5.41) is 3.57. The molecule has 1 unspecified atom stereocenters. The van der Waals surface area contributed by atoms with Crippen molar-refractivity contribution >= 4 is 23.2 Å². The number of hydrogen-bond acceptors (Lipinski definition) is 3. The fraction of sp³-hybridized carbons (Fsp3) is 0.368. The Hall–Kier alpha value is -2.07. The van der Waals surface area contributed by atoms with Gasteiger partial charge in [-0.05, 0) is 36.5 Å². The van der Waals surface area contributed by atoms with E-state index >= 15 is 0 Å². The van der Waals surface area contributed by atoms with Crippen LogP contribution in [0.5, 0.6) is 0 Å². The smallest absolute Gasteiger partial charge is 0.253 e. The van der Waals surface area contributed by atoms with E-state index in [4.69, 9.17) is 11.6 Å². The first kappa shape index (κ1) is 16.8. The van der Waals surface area contributed by atoms with Crippen LogP contribution in [0.1, 0.15) is 35.7 Å². The van der Waals surface area contributed by atoms with Crippen LogP contribution in [0.4, 0.5) is 5.69 Å². The van der Waals surface area contributed by atoms with Crippen molar-refractivity contribution in [1.82, 2.24) is 10.3 Å². The van der Waals surface area contributed by atoms with Crippen molar-refractivity contribution in [3.63, 3.8) is 0 Å². The third-order valence-corrected chi connectivity index (χ3v) is 4.77. The Kier molecular flexibility index (Phi) is 5.36. The lowest BCUT2D eigenvalue weighted by Gasteiger charge is -2.32. The van der Waals surface area contributed by atoms with E-state index in [1.807, 2.05) is 36.5 Å². The van der Waals surface area contributed by atoms with E-state index in [0.29, 0.717) is 23.0 Å². The van der Waals surface area contributed by atoms with E-state index in [9.17, 15) is 4.79 Å². The summed E-state index contributed by atoms with van der Waals surface area (Å²) in [5.74, 6) is 0.547. The maximum absolute atomic E-state index is 12.4. The molecule has 1 saturated heterocycles. The van der Waals surface area contributed by atoms with Crippen LogP contribution in [-0.4, -0.2) is 24.0 Å². The van der Waals surface area contributed by atoms with Crippen molar-refractivity contribution < 1.29 is 4.79 Å². The van der Waals surface area contributed by atoms with Crippen LogP contribution in [0, 0.1) is 5.92 Å². The molecule has 2 heterocycles. The average molecular weight is 344 g/mol. The Morgan fingerprint density at radius 2 is 2.21 bits per heavy atom. The number of piperidine rings is 1. The Morgan fingerprint density at radius 3 is 3.00 bits per heavy atom. The molecule has 1 amide bonds. The van der Waals surface area contributed by atoms with Crippen LogP contribution in [0.15, 0.2) is 42.7 Å². The largest absolute Gasteiger partial charge is 0.370 e. The molecule has 0 spiro atoms. The van der Waals surface area contributed by atoms with E-state index in [1.165, 1.54) is 12.8 Å². The van der Waals surface area contributed by atoms with Gasteiger partial charge in [0.15, 0.2) is 0 Å². The first-order valence-corrected chi connectivity index (χ1v) is 8.73. The zero-order valence-electron chi connectivity index (χ0n) is 13.8. The van der Waals surface area contributed by atoms with Gasteiger partial charge in [-0.3, -0.25) is 9.78 Å². The minimum atomic E-state index is -0.130. The maximum Gasteiger partial charge on any atom is 0.253 e. The van der Waals surface area contributed by atoms with Gasteiger partial charge >= 0.3 is 0 Å². The minimum absolute atomic E-state index is 0.130. The third-order valence-electron chi connectivity index (χ3n) is 4.41. The Morgan fingerprint density at radius 1 is 1.38 bits per heavy atom. The van der Waals surface area contributed by atoms with Gasteiger partial charge in [0, 0.05) is 30.9 Å². The second-order valence-electron chi connectivity index (χ2n) is 6.40. The van der Waals surface area contributed by atoms with Crippen LogP contribution in [-0.2, 0) is 6.54 Å². The van der Waals surface area contributed by atoms with E-state index < -0.39 is 0 Å². The van der Waals surface area contributed by atoms with E-state index in [-0.39, 0.29) is 5.91 Å². The molecule has 0 radical (unpaired) electrons. The minimum Gasteiger partial charge on any atom is -0.370 e. The van der Waals surface area contributed by atoms with Crippen molar-refractivity contribution in [2.45, 2.75) is 26.3 Å². The highest BCUT2D eigenvalue weighted by Crippen LogP contribution is 2.23. The van der Waals surface area contributed by atoms with Gasteiger partial charge in [-0.2, -0.15) is 0 Å². The number of pyridine rings is 1. The number of aromatic nitrogens is 1. The molecule has 3 rings (SSSR count). The topological polar surface area (TPSA) is 45.2 Å². The normalized spacial score (nSPS) is 17.6. The number of nitrogens with one attached hydrogen (secondary N) is 1. The van der Waals surface area contributed by atoms with Crippen molar-refractivity contribution in [3.05, 3.63) is 58.9 Å². The summed E-state index contributed by atoms with van der Waals surface area (Å²) in [6.45, 7) is 4.71. The summed E-state index contributed by atoms with van der Waals surface area (Å²) < 4.78 is 0. The van der Waals surface area contributed by atoms with Gasteiger partial charge in [-0.1, -0.05) is 36.7 Å². The Bertz CT molecular complexity index is 719. The van der Waals surface area contributed by atoms with Crippen molar-refractivity contribution in [1.29, 1.82) is 0 Å². The Balaban J connectivity index is 1.67. The lowest BCUT2D eigenvalue weighted by atomic mass is 10.00. The number of carbonyl (C=O) groups is 1. The van der Waals surface area contributed by atoms with E-state index in [2.05, 4.69) is 22.1 Å². The predicted molar refractivity (Wildman–Crippen MR) is 97.5 cm³/mol. The fourth-order valence-electron chi connectivity index (χ4n) is 3.07. The van der Waals surface area contributed by atoms with Crippen LogP contribution in [0.25, 0.3) is 0 Å². The van der Waals surface area contributed by atoms with Crippen LogP contribution in [0.2, 0.25) is 5.02 Å². The molecule has 4 nitrogen and oxygen atoms in total. The average Bonchev–Trinajstić information content (AvgIpc) is 2.61. The second-order valence-corrected chi connectivity index (χ2v) is 6.81. The summed E-state index contributed by atoms with van der Waals surface area (Å²) >= 11 is 6.12. The quantitative estimate of drug-likeness (QED) is 0.915. The summed E-state index contributed by atoms with van der Waals surface area (Å²) in [7, 11) is 0. The van der Waals surface area contributed by atoms with Crippen LogP contribution < -0.4 is 10.2 Å². The molecular weight excluding hydrogens is 322 g/mol. The molecule has 126 valence electrons. The van der Waals surface area contributed by atoms with E-state index in [0.717, 1.165) is 24.3 Å². The molecule has 1 aromatic carbocycles. The molecule has 1 atom stereocenters. The molecule has 0 saturated carbocycles. The number of carbonyl (C=O) groups excluding carboxylic acids is 1. The number of anilines is 1. The highest BCUT2D eigenvalue weighted by atomic mass is 35.5. The van der Waals surface area contributed by atoms with Crippen LogP contribution in [0.3, 0.4) is 0 Å². The highest BCUT2D eigenvalue weighted by Gasteiger charge is 2.18. The van der Waals surface area contributed by atoms with E-state index in [1.54, 1.807) is 6.20 Å². The first-order valence-electron chi connectivity index (χ1n) is 8.35. The van der Waals surface area contributed by atoms with Crippen molar-refractivity contribution in [3.8, 4) is 0 Å².